The molecule has 0 fully saturated rings. The van der Waals surface area contributed by atoms with Gasteiger partial charge in [-0.1, -0.05) is 30.3 Å². The van der Waals surface area contributed by atoms with Gasteiger partial charge in [-0.25, -0.2) is 9.97 Å². The second-order valence-corrected chi connectivity index (χ2v) is 5.50. The lowest BCUT2D eigenvalue weighted by molar-refractivity contribution is -0.147. The third-order valence-corrected chi connectivity index (χ3v) is 3.43. The highest BCUT2D eigenvalue weighted by Gasteiger charge is 2.12. The van der Waals surface area contributed by atoms with Crippen molar-refractivity contribution in [3.05, 3.63) is 54.4 Å². The number of likely N-dealkylation sites (N-methyl/N-ethyl adjacent to an activating group) is 1. The van der Waals surface area contributed by atoms with Crippen molar-refractivity contribution in [2.24, 2.45) is 0 Å². The Morgan fingerprint density at radius 3 is 2.56 bits per heavy atom. The average Bonchev–Trinajstić information content (AvgIpc) is 2.65. The lowest BCUT2D eigenvalue weighted by Crippen LogP contribution is -2.33. The van der Waals surface area contributed by atoms with Crippen LogP contribution >= 0.6 is 0 Å². The van der Waals surface area contributed by atoms with E-state index in [2.05, 4.69) is 27.4 Å². The van der Waals surface area contributed by atoms with Gasteiger partial charge in [0.1, 0.15) is 6.54 Å². The van der Waals surface area contributed by atoms with Gasteiger partial charge in [-0.05, 0) is 24.5 Å². The van der Waals surface area contributed by atoms with Crippen LogP contribution < -0.4 is 10.2 Å². The zero-order chi connectivity index (χ0) is 17.9. The molecule has 1 aromatic carbocycles. The van der Waals surface area contributed by atoms with Crippen LogP contribution in [0.1, 0.15) is 12.0 Å². The molecule has 25 heavy (non-hydrogen) atoms. The first kappa shape index (κ1) is 18.4. The molecule has 0 radical (unpaired) electrons. The van der Waals surface area contributed by atoms with Crippen LogP contribution in [0.15, 0.2) is 48.8 Å². The molecule has 0 aliphatic rings. The second kappa shape index (κ2) is 10.0. The molecular formula is C18H22N4O3. The van der Waals surface area contributed by atoms with Crippen LogP contribution in [-0.4, -0.2) is 48.6 Å². The van der Waals surface area contributed by atoms with Crippen molar-refractivity contribution in [2.45, 2.75) is 12.8 Å². The fourth-order valence-corrected chi connectivity index (χ4v) is 2.16. The van der Waals surface area contributed by atoms with Crippen molar-refractivity contribution in [1.29, 1.82) is 0 Å². The molecule has 0 aliphatic carbocycles. The van der Waals surface area contributed by atoms with Crippen LogP contribution in [0.4, 0.5) is 5.95 Å². The maximum atomic E-state index is 11.7. The smallest absolute Gasteiger partial charge is 0.326 e. The SMILES string of the molecule is CN(CC(=O)OCC(=O)NCCCc1ccccc1)c1ncccn1. The van der Waals surface area contributed by atoms with Crippen LogP contribution in [0.5, 0.6) is 0 Å². The van der Waals surface area contributed by atoms with Crippen LogP contribution in [-0.2, 0) is 20.7 Å². The van der Waals surface area contributed by atoms with Gasteiger partial charge in [-0.15, -0.1) is 0 Å². The number of carbonyl (C=O) groups is 2. The van der Waals surface area contributed by atoms with E-state index in [0.29, 0.717) is 12.5 Å². The Bertz CT molecular complexity index is 665. The van der Waals surface area contributed by atoms with Crippen LogP contribution in [0.3, 0.4) is 0 Å². The molecule has 0 saturated carbocycles. The molecule has 0 unspecified atom stereocenters. The quantitative estimate of drug-likeness (QED) is 0.545. The summed E-state index contributed by atoms with van der Waals surface area (Å²) in [6, 6.07) is 11.8. The molecule has 0 saturated heterocycles. The predicted octanol–water partition coefficient (Wildman–Crippen LogP) is 1.20. The molecule has 0 bridgehead atoms. The first-order chi connectivity index (χ1) is 12.1. The first-order valence-electron chi connectivity index (χ1n) is 8.09. The number of carbonyl (C=O) groups excluding carboxylic acids is 2. The monoisotopic (exact) mass is 342 g/mol. The van der Waals surface area contributed by atoms with E-state index >= 15 is 0 Å². The number of aryl methyl sites for hydroxylation is 1. The third-order valence-electron chi connectivity index (χ3n) is 3.43. The average molecular weight is 342 g/mol. The van der Waals surface area contributed by atoms with Gasteiger partial charge in [0.05, 0.1) is 0 Å². The van der Waals surface area contributed by atoms with Crippen molar-refractivity contribution in [2.75, 3.05) is 31.6 Å². The standard InChI is InChI=1S/C18H22N4O3/c1-22(18-20-11-6-12-21-18)13-17(24)25-14-16(23)19-10-5-9-15-7-3-2-4-8-15/h2-4,6-8,11-12H,5,9-10,13-14H2,1H3,(H,19,23). The maximum Gasteiger partial charge on any atom is 0.326 e. The van der Waals surface area contributed by atoms with E-state index in [-0.39, 0.29) is 19.1 Å². The summed E-state index contributed by atoms with van der Waals surface area (Å²) < 4.78 is 4.96. The predicted molar refractivity (Wildman–Crippen MR) is 94.0 cm³/mol. The van der Waals surface area contributed by atoms with Gasteiger partial charge < -0.3 is 15.0 Å². The van der Waals surface area contributed by atoms with E-state index in [4.69, 9.17) is 4.74 Å². The molecule has 0 atom stereocenters. The molecule has 2 rings (SSSR count). The van der Waals surface area contributed by atoms with Gasteiger partial charge >= 0.3 is 5.97 Å². The second-order valence-electron chi connectivity index (χ2n) is 5.50. The number of nitrogens with one attached hydrogen (secondary N) is 1. The van der Waals surface area contributed by atoms with E-state index in [1.807, 2.05) is 18.2 Å². The van der Waals surface area contributed by atoms with Crippen molar-refractivity contribution < 1.29 is 14.3 Å². The number of aromatic nitrogens is 2. The number of hydrogen-bond acceptors (Lipinski definition) is 6. The summed E-state index contributed by atoms with van der Waals surface area (Å²) in [7, 11) is 1.68. The van der Waals surface area contributed by atoms with Crippen molar-refractivity contribution >= 4 is 17.8 Å². The molecule has 0 aliphatic heterocycles. The van der Waals surface area contributed by atoms with Gasteiger partial charge in [0.15, 0.2) is 6.61 Å². The van der Waals surface area contributed by atoms with Crippen LogP contribution in [0, 0.1) is 0 Å². The molecule has 7 nitrogen and oxygen atoms in total. The third kappa shape index (κ3) is 6.99. The lowest BCUT2D eigenvalue weighted by atomic mass is 10.1. The normalized spacial score (nSPS) is 10.1. The molecule has 1 amide bonds. The number of rotatable bonds is 9. The summed E-state index contributed by atoms with van der Waals surface area (Å²) in [4.78, 5) is 33.0. The van der Waals surface area contributed by atoms with Crippen molar-refractivity contribution in [3.63, 3.8) is 0 Å². The minimum absolute atomic E-state index is 0.0225. The summed E-state index contributed by atoms with van der Waals surface area (Å²) in [6.07, 6.45) is 4.90. The number of benzene rings is 1. The number of anilines is 1. The first-order valence-corrected chi connectivity index (χ1v) is 8.09. The van der Waals surface area contributed by atoms with Gasteiger partial charge in [0.2, 0.25) is 5.95 Å². The molecule has 132 valence electrons. The summed E-state index contributed by atoms with van der Waals surface area (Å²) >= 11 is 0. The maximum absolute atomic E-state index is 11.7. The Hall–Kier alpha value is -2.96. The number of nitrogens with zero attached hydrogens (tertiary/aromatic N) is 3. The van der Waals surface area contributed by atoms with Crippen molar-refractivity contribution in [3.8, 4) is 0 Å². The lowest BCUT2D eigenvalue weighted by Gasteiger charge is -2.15. The number of hydrogen-bond donors (Lipinski definition) is 1. The van der Waals surface area contributed by atoms with Gasteiger partial charge in [0.25, 0.3) is 5.91 Å². The molecule has 2 aromatic rings. The van der Waals surface area contributed by atoms with E-state index in [9.17, 15) is 9.59 Å². The number of ether oxygens (including phenoxy) is 1. The number of esters is 1. The highest BCUT2D eigenvalue weighted by atomic mass is 16.5. The van der Waals surface area contributed by atoms with Gasteiger partial charge in [-0.2, -0.15) is 0 Å². The summed E-state index contributed by atoms with van der Waals surface area (Å²) in [5.41, 5.74) is 1.23. The summed E-state index contributed by atoms with van der Waals surface area (Å²) in [5, 5.41) is 2.74. The molecule has 1 aromatic heterocycles. The Morgan fingerprint density at radius 2 is 1.84 bits per heavy atom. The van der Waals surface area contributed by atoms with Crippen molar-refractivity contribution in [1.82, 2.24) is 15.3 Å². The fourth-order valence-electron chi connectivity index (χ4n) is 2.16. The minimum atomic E-state index is -0.505. The zero-order valence-electron chi connectivity index (χ0n) is 14.2. The highest BCUT2D eigenvalue weighted by Crippen LogP contribution is 2.02. The summed E-state index contributed by atoms with van der Waals surface area (Å²) in [5.74, 6) is -0.390. The molecular weight excluding hydrogens is 320 g/mol. The van der Waals surface area contributed by atoms with E-state index in [0.717, 1.165) is 12.8 Å². The Morgan fingerprint density at radius 1 is 1.12 bits per heavy atom. The topological polar surface area (TPSA) is 84.4 Å². The highest BCUT2D eigenvalue weighted by molar-refractivity contribution is 5.81. The van der Waals surface area contributed by atoms with E-state index in [1.54, 1.807) is 30.4 Å². The van der Waals surface area contributed by atoms with Crippen LogP contribution in [0.2, 0.25) is 0 Å². The van der Waals surface area contributed by atoms with Gasteiger partial charge in [0, 0.05) is 26.0 Å². The van der Waals surface area contributed by atoms with Gasteiger partial charge in [-0.3, -0.25) is 9.59 Å². The molecule has 1 heterocycles. The summed E-state index contributed by atoms with van der Waals surface area (Å²) in [6.45, 7) is 0.238. The largest absolute Gasteiger partial charge is 0.454 e. The van der Waals surface area contributed by atoms with E-state index < -0.39 is 5.97 Å². The number of amides is 1. The molecule has 1 N–H and O–H groups in total. The minimum Gasteiger partial charge on any atom is -0.454 e. The zero-order valence-corrected chi connectivity index (χ0v) is 14.2. The fraction of sp³-hybridized carbons (Fsp3) is 0.333. The Kier molecular flexibility index (Phi) is 7.37. The molecule has 0 spiro atoms. The Balaban J connectivity index is 1.58. The van der Waals surface area contributed by atoms with Crippen LogP contribution in [0.25, 0.3) is 0 Å². The molecule has 7 heteroatoms. The van der Waals surface area contributed by atoms with E-state index in [1.165, 1.54) is 5.56 Å². The Labute approximate surface area is 147 Å².